The van der Waals surface area contributed by atoms with E-state index in [1.54, 1.807) is 19.1 Å². The molecule has 1 aliphatic carbocycles. The van der Waals surface area contributed by atoms with E-state index in [-0.39, 0.29) is 11.6 Å². The highest BCUT2D eigenvalue weighted by Crippen LogP contribution is 2.31. The van der Waals surface area contributed by atoms with Gasteiger partial charge in [0.1, 0.15) is 5.82 Å². The lowest BCUT2D eigenvalue weighted by molar-refractivity contribution is -0.115. The van der Waals surface area contributed by atoms with Gasteiger partial charge in [-0.3, -0.25) is 4.79 Å². The van der Waals surface area contributed by atoms with Crippen LogP contribution in [-0.4, -0.2) is 31.4 Å². The van der Waals surface area contributed by atoms with Gasteiger partial charge < -0.3 is 5.32 Å². The SMILES string of the molecule is CC(Sc1nnnn1C1CCCCC1)C(=O)Nc1ccccc1F. The molecule has 1 saturated carbocycles. The fourth-order valence-corrected chi connectivity index (χ4v) is 3.69. The quantitative estimate of drug-likeness (QED) is 0.837. The molecule has 0 aliphatic heterocycles. The van der Waals surface area contributed by atoms with Crippen molar-refractivity contribution < 1.29 is 9.18 Å². The topological polar surface area (TPSA) is 72.7 Å². The first-order valence-electron chi connectivity index (χ1n) is 8.15. The van der Waals surface area contributed by atoms with Gasteiger partial charge in [-0.2, -0.15) is 0 Å². The summed E-state index contributed by atoms with van der Waals surface area (Å²) in [6.45, 7) is 1.76. The predicted molar refractivity (Wildman–Crippen MR) is 90.3 cm³/mol. The number of tetrazole rings is 1. The number of amides is 1. The maximum absolute atomic E-state index is 13.6. The zero-order valence-electron chi connectivity index (χ0n) is 13.5. The highest BCUT2D eigenvalue weighted by atomic mass is 32.2. The van der Waals surface area contributed by atoms with Gasteiger partial charge in [0, 0.05) is 0 Å². The maximum atomic E-state index is 13.6. The van der Waals surface area contributed by atoms with Gasteiger partial charge >= 0.3 is 0 Å². The van der Waals surface area contributed by atoms with Crippen LogP contribution in [0.1, 0.15) is 45.1 Å². The van der Waals surface area contributed by atoms with Crippen LogP contribution in [-0.2, 0) is 4.79 Å². The van der Waals surface area contributed by atoms with E-state index in [9.17, 15) is 9.18 Å². The van der Waals surface area contributed by atoms with Crippen LogP contribution < -0.4 is 5.32 Å². The molecule has 1 heterocycles. The molecule has 0 bridgehead atoms. The first kappa shape index (κ1) is 16.9. The molecule has 128 valence electrons. The van der Waals surface area contributed by atoms with Crippen molar-refractivity contribution in [1.82, 2.24) is 20.2 Å². The monoisotopic (exact) mass is 349 g/mol. The second-order valence-electron chi connectivity index (χ2n) is 5.93. The highest BCUT2D eigenvalue weighted by molar-refractivity contribution is 8.00. The Kier molecular flexibility index (Phi) is 5.44. The van der Waals surface area contributed by atoms with Gasteiger partial charge in [-0.25, -0.2) is 9.07 Å². The lowest BCUT2D eigenvalue weighted by Gasteiger charge is -2.22. The van der Waals surface area contributed by atoms with Crippen LogP contribution in [0.3, 0.4) is 0 Å². The molecule has 1 aliphatic rings. The number of para-hydroxylation sites is 1. The third-order valence-corrected chi connectivity index (χ3v) is 5.21. The molecule has 24 heavy (non-hydrogen) atoms. The molecule has 1 amide bonds. The van der Waals surface area contributed by atoms with E-state index >= 15 is 0 Å². The summed E-state index contributed by atoms with van der Waals surface area (Å²) in [6, 6.07) is 6.42. The number of aromatic nitrogens is 4. The zero-order chi connectivity index (χ0) is 16.9. The number of carbonyl (C=O) groups is 1. The molecule has 6 nitrogen and oxygen atoms in total. The Labute approximate surface area is 144 Å². The number of rotatable bonds is 5. The van der Waals surface area contributed by atoms with Crippen molar-refractivity contribution in [3.63, 3.8) is 0 Å². The Morgan fingerprint density at radius 3 is 2.83 bits per heavy atom. The standard InChI is InChI=1S/C16H20FN5OS/c1-11(15(23)18-14-10-6-5-9-13(14)17)24-16-19-20-21-22(16)12-7-3-2-4-8-12/h5-6,9-12H,2-4,7-8H2,1H3,(H,18,23). The van der Waals surface area contributed by atoms with Crippen LogP contribution in [0.2, 0.25) is 0 Å². The fourth-order valence-electron chi connectivity index (χ4n) is 2.83. The average molecular weight is 349 g/mol. The van der Waals surface area contributed by atoms with Crippen LogP contribution in [0.5, 0.6) is 0 Å². The normalized spacial score (nSPS) is 16.8. The van der Waals surface area contributed by atoms with Gasteiger partial charge in [-0.1, -0.05) is 43.2 Å². The summed E-state index contributed by atoms with van der Waals surface area (Å²) in [5.41, 5.74) is 0.182. The minimum Gasteiger partial charge on any atom is -0.323 e. The summed E-state index contributed by atoms with van der Waals surface area (Å²) >= 11 is 1.30. The van der Waals surface area contributed by atoms with Gasteiger partial charge in [-0.05, 0) is 42.3 Å². The van der Waals surface area contributed by atoms with Crippen molar-refractivity contribution in [2.45, 2.75) is 55.5 Å². The number of nitrogens with one attached hydrogen (secondary N) is 1. The Morgan fingerprint density at radius 2 is 2.08 bits per heavy atom. The minimum atomic E-state index is -0.449. The molecule has 1 unspecified atom stereocenters. The number of hydrogen-bond acceptors (Lipinski definition) is 5. The summed E-state index contributed by atoms with van der Waals surface area (Å²) in [5, 5.41) is 14.7. The summed E-state index contributed by atoms with van der Waals surface area (Å²) < 4.78 is 15.5. The van der Waals surface area contributed by atoms with Crippen LogP contribution in [0, 0.1) is 5.82 Å². The van der Waals surface area contributed by atoms with Crippen LogP contribution in [0.4, 0.5) is 10.1 Å². The second kappa shape index (κ2) is 7.74. The summed E-state index contributed by atoms with van der Waals surface area (Å²) in [7, 11) is 0. The van der Waals surface area contributed by atoms with Crippen molar-refractivity contribution >= 4 is 23.4 Å². The Balaban J connectivity index is 1.64. The van der Waals surface area contributed by atoms with Gasteiger partial charge in [0.15, 0.2) is 0 Å². The number of hydrogen-bond donors (Lipinski definition) is 1. The molecule has 1 atom stereocenters. The molecule has 2 aromatic rings. The number of anilines is 1. The molecule has 1 fully saturated rings. The average Bonchev–Trinajstić information content (AvgIpc) is 3.05. The molecule has 1 N–H and O–H groups in total. The van der Waals surface area contributed by atoms with Crippen molar-refractivity contribution in [2.24, 2.45) is 0 Å². The van der Waals surface area contributed by atoms with Gasteiger partial charge in [0.25, 0.3) is 0 Å². The van der Waals surface area contributed by atoms with Crippen LogP contribution in [0.25, 0.3) is 0 Å². The Bertz CT molecular complexity index is 701. The fraction of sp³-hybridized carbons (Fsp3) is 0.500. The van der Waals surface area contributed by atoms with Crippen molar-refractivity contribution in [3.8, 4) is 0 Å². The molecule has 0 radical (unpaired) electrons. The molecular weight excluding hydrogens is 329 g/mol. The van der Waals surface area contributed by atoms with E-state index in [4.69, 9.17) is 0 Å². The zero-order valence-corrected chi connectivity index (χ0v) is 14.3. The number of benzene rings is 1. The van der Waals surface area contributed by atoms with E-state index in [2.05, 4.69) is 20.8 Å². The van der Waals surface area contributed by atoms with E-state index < -0.39 is 11.1 Å². The molecular formula is C16H20FN5OS. The van der Waals surface area contributed by atoms with Crippen molar-refractivity contribution in [1.29, 1.82) is 0 Å². The van der Waals surface area contributed by atoms with Crippen molar-refractivity contribution in [3.05, 3.63) is 30.1 Å². The lowest BCUT2D eigenvalue weighted by Crippen LogP contribution is -2.24. The van der Waals surface area contributed by atoms with E-state index in [0.717, 1.165) is 12.8 Å². The second-order valence-corrected chi connectivity index (χ2v) is 7.23. The lowest BCUT2D eigenvalue weighted by atomic mass is 9.96. The Morgan fingerprint density at radius 1 is 1.33 bits per heavy atom. The van der Waals surface area contributed by atoms with Crippen LogP contribution in [0.15, 0.2) is 29.4 Å². The minimum absolute atomic E-state index is 0.182. The summed E-state index contributed by atoms with van der Waals surface area (Å²) in [6.07, 6.45) is 5.74. The van der Waals surface area contributed by atoms with Crippen molar-refractivity contribution in [2.75, 3.05) is 5.32 Å². The number of halogens is 1. The first-order chi connectivity index (χ1) is 11.6. The largest absolute Gasteiger partial charge is 0.323 e. The van der Waals surface area contributed by atoms with E-state index in [1.807, 2.05) is 4.68 Å². The predicted octanol–water partition coefficient (Wildman–Crippen LogP) is 3.44. The third kappa shape index (κ3) is 3.92. The molecule has 1 aromatic carbocycles. The maximum Gasteiger partial charge on any atom is 0.237 e. The third-order valence-electron chi connectivity index (χ3n) is 4.17. The van der Waals surface area contributed by atoms with E-state index in [0.29, 0.717) is 11.2 Å². The van der Waals surface area contributed by atoms with Gasteiger partial charge in [-0.15, -0.1) is 5.10 Å². The number of carbonyl (C=O) groups excluding carboxylic acids is 1. The van der Waals surface area contributed by atoms with Gasteiger partial charge in [0.2, 0.25) is 11.1 Å². The smallest absolute Gasteiger partial charge is 0.237 e. The van der Waals surface area contributed by atoms with Crippen LogP contribution >= 0.6 is 11.8 Å². The molecule has 3 rings (SSSR count). The number of thioether (sulfide) groups is 1. The molecule has 0 saturated heterocycles. The first-order valence-corrected chi connectivity index (χ1v) is 9.03. The molecule has 8 heteroatoms. The number of nitrogens with zero attached hydrogens (tertiary/aromatic N) is 4. The highest BCUT2D eigenvalue weighted by Gasteiger charge is 2.24. The molecule has 1 aromatic heterocycles. The van der Waals surface area contributed by atoms with Gasteiger partial charge in [0.05, 0.1) is 17.0 Å². The Hall–Kier alpha value is -1.96. The van der Waals surface area contributed by atoms with E-state index in [1.165, 1.54) is 43.2 Å². The molecule has 0 spiro atoms. The summed E-state index contributed by atoms with van der Waals surface area (Å²) in [5.74, 6) is -0.724. The summed E-state index contributed by atoms with van der Waals surface area (Å²) in [4.78, 5) is 12.3.